The summed E-state index contributed by atoms with van der Waals surface area (Å²) in [4.78, 5) is 15.8. The molecule has 0 spiro atoms. The molecule has 5 nitrogen and oxygen atoms in total. The standard InChI is InChI=1S/C10H7ClN4O/c1-14-7-3-2-6(11)4-8(7)15-9(10(14)16)12-5-13-15/h2-5H,1H3. The third-order valence-corrected chi connectivity index (χ3v) is 2.81. The van der Waals surface area contributed by atoms with Crippen LogP contribution in [-0.4, -0.2) is 19.2 Å². The van der Waals surface area contributed by atoms with Crippen LogP contribution in [0, 0.1) is 0 Å². The first-order valence-corrected chi connectivity index (χ1v) is 5.04. The number of aromatic nitrogens is 4. The fourth-order valence-electron chi connectivity index (χ4n) is 1.77. The second-order valence-electron chi connectivity index (χ2n) is 3.49. The van der Waals surface area contributed by atoms with Gasteiger partial charge >= 0.3 is 0 Å². The van der Waals surface area contributed by atoms with E-state index in [-0.39, 0.29) is 5.56 Å². The molecule has 0 aliphatic carbocycles. The van der Waals surface area contributed by atoms with Crippen LogP contribution in [0.25, 0.3) is 16.7 Å². The zero-order chi connectivity index (χ0) is 11.3. The van der Waals surface area contributed by atoms with E-state index in [1.54, 1.807) is 25.2 Å². The van der Waals surface area contributed by atoms with E-state index in [0.717, 1.165) is 11.0 Å². The minimum absolute atomic E-state index is 0.174. The maximum absolute atomic E-state index is 11.9. The maximum Gasteiger partial charge on any atom is 0.296 e. The summed E-state index contributed by atoms with van der Waals surface area (Å²) in [6.45, 7) is 0. The van der Waals surface area contributed by atoms with E-state index in [0.29, 0.717) is 10.7 Å². The van der Waals surface area contributed by atoms with Gasteiger partial charge in [0.15, 0.2) is 0 Å². The fraction of sp³-hybridized carbons (Fsp3) is 0.100. The highest BCUT2D eigenvalue weighted by molar-refractivity contribution is 6.31. The van der Waals surface area contributed by atoms with Crippen LogP contribution in [0.4, 0.5) is 0 Å². The molecule has 3 rings (SSSR count). The van der Waals surface area contributed by atoms with Crippen molar-refractivity contribution in [2.75, 3.05) is 0 Å². The van der Waals surface area contributed by atoms with Gasteiger partial charge in [0.2, 0.25) is 5.65 Å². The number of hydrogen-bond acceptors (Lipinski definition) is 3. The van der Waals surface area contributed by atoms with Crippen molar-refractivity contribution in [3.8, 4) is 0 Å². The molecule has 0 fully saturated rings. The SMILES string of the molecule is Cn1c(=O)c2ncnn2c2cc(Cl)ccc21. The molecule has 0 saturated heterocycles. The lowest BCUT2D eigenvalue weighted by Crippen LogP contribution is -2.20. The predicted molar refractivity (Wildman–Crippen MR) is 60.7 cm³/mol. The van der Waals surface area contributed by atoms with Gasteiger partial charge in [0.05, 0.1) is 11.0 Å². The summed E-state index contributed by atoms with van der Waals surface area (Å²) in [6, 6.07) is 5.30. The van der Waals surface area contributed by atoms with Crippen LogP contribution in [0.2, 0.25) is 5.02 Å². The topological polar surface area (TPSA) is 52.2 Å². The fourth-order valence-corrected chi connectivity index (χ4v) is 1.94. The van der Waals surface area contributed by atoms with Crippen molar-refractivity contribution in [1.82, 2.24) is 19.2 Å². The lowest BCUT2D eigenvalue weighted by Gasteiger charge is -2.06. The van der Waals surface area contributed by atoms with Crippen LogP contribution >= 0.6 is 11.6 Å². The second-order valence-corrected chi connectivity index (χ2v) is 3.93. The molecule has 80 valence electrons. The van der Waals surface area contributed by atoms with E-state index in [2.05, 4.69) is 10.1 Å². The first-order valence-electron chi connectivity index (χ1n) is 4.66. The minimum atomic E-state index is -0.174. The molecule has 0 aliphatic rings. The third kappa shape index (κ3) is 1.09. The van der Waals surface area contributed by atoms with Gasteiger partial charge in [-0.3, -0.25) is 4.79 Å². The molecule has 3 aromatic rings. The third-order valence-electron chi connectivity index (χ3n) is 2.57. The van der Waals surface area contributed by atoms with E-state index < -0.39 is 0 Å². The maximum atomic E-state index is 11.9. The van der Waals surface area contributed by atoms with Gasteiger partial charge in [0, 0.05) is 12.1 Å². The second kappa shape index (κ2) is 3.05. The van der Waals surface area contributed by atoms with Gasteiger partial charge in [-0.2, -0.15) is 5.10 Å². The van der Waals surface area contributed by atoms with Gasteiger partial charge in [0.25, 0.3) is 5.56 Å². The number of nitrogens with zero attached hydrogens (tertiary/aromatic N) is 4. The highest BCUT2D eigenvalue weighted by atomic mass is 35.5. The van der Waals surface area contributed by atoms with Crippen LogP contribution < -0.4 is 5.56 Å². The largest absolute Gasteiger partial charge is 0.307 e. The van der Waals surface area contributed by atoms with E-state index in [4.69, 9.17) is 11.6 Å². The van der Waals surface area contributed by atoms with E-state index in [9.17, 15) is 4.79 Å². The molecule has 2 heterocycles. The molecule has 16 heavy (non-hydrogen) atoms. The molecular formula is C10H7ClN4O. The van der Waals surface area contributed by atoms with E-state index in [1.807, 2.05) is 0 Å². The van der Waals surface area contributed by atoms with Crippen molar-refractivity contribution in [3.05, 3.63) is 39.9 Å². The Hall–Kier alpha value is -1.88. The van der Waals surface area contributed by atoms with E-state index >= 15 is 0 Å². The summed E-state index contributed by atoms with van der Waals surface area (Å²) in [7, 11) is 1.70. The smallest absolute Gasteiger partial charge is 0.296 e. The normalized spacial score (nSPS) is 11.4. The molecule has 6 heteroatoms. The highest BCUT2D eigenvalue weighted by Gasteiger charge is 2.09. The molecule has 0 N–H and O–H groups in total. The summed E-state index contributed by atoms with van der Waals surface area (Å²) in [6.07, 6.45) is 1.36. The van der Waals surface area contributed by atoms with Crippen LogP contribution in [0.3, 0.4) is 0 Å². The van der Waals surface area contributed by atoms with Crippen LogP contribution in [0.1, 0.15) is 0 Å². The molecular weight excluding hydrogens is 228 g/mol. The quantitative estimate of drug-likeness (QED) is 0.588. The zero-order valence-electron chi connectivity index (χ0n) is 8.38. The molecule has 0 unspecified atom stereocenters. The van der Waals surface area contributed by atoms with Crippen molar-refractivity contribution in [3.63, 3.8) is 0 Å². The monoisotopic (exact) mass is 234 g/mol. The molecule has 0 saturated carbocycles. The number of halogens is 1. The minimum Gasteiger partial charge on any atom is -0.307 e. The van der Waals surface area contributed by atoms with Crippen LogP contribution in [0.15, 0.2) is 29.3 Å². The van der Waals surface area contributed by atoms with Crippen molar-refractivity contribution in [1.29, 1.82) is 0 Å². The Morgan fingerprint density at radius 3 is 2.94 bits per heavy atom. The molecule has 2 aromatic heterocycles. The zero-order valence-corrected chi connectivity index (χ0v) is 9.14. The van der Waals surface area contributed by atoms with Crippen molar-refractivity contribution in [2.45, 2.75) is 0 Å². The molecule has 0 bridgehead atoms. The van der Waals surface area contributed by atoms with E-state index in [1.165, 1.54) is 15.4 Å². The van der Waals surface area contributed by atoms with Gasteiger partial charge in [-0.25, -0.2) is 9.50 Å². The number of aryl methyl sites for hydroxylation is 1. The molecule has 0 aliphatic heterocycles. The Labute approximate surface area is 94.9 Å². The average Bonchev–Trinajstić information content (AvgIpc) is 2.75. The van der Waals surface area contributed by atoms with Gasteiger partial charge in [0.1, 0.15) is 6.33 Å². The van der Waals surface area contributed by atoms with Crippen molar-refractivity contribution >= 4 is 28.3 Å². The van der Waals surface area contributed by atoms with Gasteiger partial charge in [-0.1, -0.05) is 11.6 Å². The molecule has 0 radical (unpaired) electrons. The summed E-state index contributed by atoms with van der Waals surface area (Å²) >= 11 is 5.93. The molecule has 0 atom stereocenters. The van der Waals surface area contributed by atoms with Crippen molar-refractivity contribution < 1.29 is 0 Å². The predicted octanol–water partition coefficient (Wildman–Crippen LogP) is 1.23. The summed E-state index contributed by atoms with van der Waals surface area (Å²) < 4.78 is 3.04. The van der Waals surface area contributed by atoms with Crippen LogP contribution in [-0.2, 0) is 7.05 Å². The van der Waals surface area contributed by atoms with Crippen molar-refractivity contribution in [2.24, 2.45) is 7.05 Å². The first kappa shape index (κ1) is 9.35. The molecule has 1 aromatic carbocycles. The number of rotatable bonds is 0. The molecule has 0 amide bonds. The Kier molecular flexibility index (Phi) is 1.79. The van der Waals surface area contributed by atoms with Gasteiger partial charge < -0.3 is 4.57 Å². The van der Waals surface area contributed by atoms with Gasteiger partial charge in [-0.15, -0.1) is 0 Å². The lowest BCUT2D eigenvalue weighted by molar-refractivity contribution is 0.875. The summed E-state index contributed by atoms with van der Waals surface area (Å²) in [5.41, 5.74) is 1.67. The number of hydrogen-bond donors (Lipinski definition) is 0. The Balaban J connectivity index is 2.72. The van der Waals surface area contributed by atoms with Gasteiger partial charge in [-0.05, 0) is 18.2 Å². The Bertz CT molecular complexity index is 758. The summed E-state index contributed by atoms with van der Waals surface area (Å²) in [5.74, 6) is 0. The number of benzene rings is 1. The Morgan fingerprint density at radius 1 is 1.31 bits per heavy atom. The van der Waals surface area contributed by atoms with Crippen LogP contribution in [0.5, 0.6) is 0 Å². The lowest BCUT2D eigenvalue weighted by atomic mass is 10.3. The number of fused-ring (bicyclic) bond motifs is 3. The Morgan fingerprint density at radius 2 is 2.12 bits per heavy atom. The highest BCUT2D eigenvalue weighted by Crippen LogP contribution is 2.17. The average molecular weight is 235 g/mol. The summed E-state index contributed by atoms with van der Waals surface area (Å²) in [5, 5.41) is 4.62. The first-order chi connectivity index (χ1) is 7.68.